The molecule has 1 fully saturated rings. The van der Waals surface area contributed by atoms with Crippen molar-refractivity contribution >= 4 is 12.0 Å². The second-order valence-electron chi connectivity index (χ2n) is 5.67. The molecule has 21 heavy (non-hydrogen) atoms. The quantitative estimate of drug-likeness (QED) is 0.609. The van der Waals surface area contributed by atoms with E-state index in [1.54, 1.807) is 0 Å². The smallest absolute Gasteiger partial charge is 0.332 e. The van der Waals surface area contributed by atoms with Crippen LogP contribution in [-0.4, -0.2) is 42.4 Å². The van der Waals surface area contributed by atoms with Crippen LogP contribution in [-0.2, 0) is 9.53 Å². The van der Waals surface area contributed by atoms with Crippen molar-refractivity contribution in [2.75, 3.05) is 13.1 Å². The van der Waals surface area contributed by atoms with Crippen molar-refractivity contribution in [3.8, 4) is 0 Å². The molecule has 0 aliphatic carbocycles. The second kappa shape index (κ2) is 9.60. The van der Waals surface area contributed by atoms with Crippen molar-refractivity contribution in [1.29, 1.82) is 0 Å². The van der Waals surface area contributed by atoms with Gasteiger partial charge in [-0.2, -0.15) is 0 Å². The number of carboxylic acid groups (broad SMARTS) is 1. The molecule has 0 saturated carbocycles. The van der Waals surface area contributed by atoms with Crippen molar-refractivity contribution in [2.24, 2.45) is 5.92 Å². The highest BCUT2D eigenvalue weighted by atomic mass is 16.5. The van der Waals surface area contributed by atoms with Crippen LogP contribution in [0.25, 0.3) is 0 Å². The molecule has 1 saturated heterocycles. The first-order valence-electron chi connectivity index (χ1n) is 7.96. The van der Waals surface area contributed by atoms with Gasteiger partial charge in [0.1, 0.15) is 0 Å². The van der Waals surface area contributed by atoms with Crippen molar-refractivity contribution in [3.05, 3.63) is 0 Å². The number of amides is 2. The number of unbranched alkanes of at least 4 members (excludes halogenated alkanes) is 1. The lowest BCUT2D eigenvalue weighted by atomic mass is 9.99. The largest absolute Gasteiger partial charge is 0.479 e. The maximum atomic E-state index is 11.7. The molecular weight excluding hydrogens is 272 g/mol. The van der Waals surface area contributed by atoms with Crippen LogP contribution < -0.4 is 10.6 Å². The Hall–Kier alpha value is -1.30. The highest BCUT2D eigenvalue weighted by molar-refractivity contribution is 5.74. The molecule has 1 rings (SSSR count). The molecule has 3 unspecified atom stereocenters. The molecule has 0 radical (unpaired) electrons. The van der Waals surface area contributed by atoms with E-state index < -0.39 is 12.1 Å². The number of urea groups is 1. The zero-order chi connectivity index (χ0) is 15.7. The summed E-state index contributed by atoms with van der Waals surface area (Å²) in [6, 6.07) is -0.202. The summed E-state index contributed by atoms with van der Waals surface area (Å²) in [5, 5.41) is 14.5. The van der Waals surface area contributed by atoms with E-state index in [1.807, 2.05) is 0 Å². The van der Waals surface area contributed by atoms with Crippen LogP contribution in [0.3, 0.4) is 0 Å². The molecular formula is C15H28N2O4. The van der Waals surface area contributed by atoms with E-state index in [-0.39, 0.29) is 12.1 Å². The van der Waals surface area contributed by atoms with E-state index in [9.17, 15) is 9.59 Å². The molecule has 0 aromatic rings. The number of hydrogen-bond acceptors (Lipinski definition) is 3. The summed E-state index contributed by atoms with van der Waals surface area (Å²) in [6.45, 7) is 5.35. The standard InChI is InChI=1S/C15H28N2O4/c1-3-5-6-11(4-2)9-16-15(20)17-10-12-7-8-13(21-12)14(18)19/h11-13H,3-10H2,1-2H3,(H,18,19)(H2,16,17,20). The molecule has 122 valence electrons. The first-order valence-corrected chi connectivity index (χ1v) is 7.96. The van der Waals surface area contributed by atoms with Gasteiger partial charge in [-0.05, 0) is 25.2 Å². The van der Waals surface area contributed by atoms with E-state index >= 15 is 0 Å². The lowest BCUT2D eigenvalue weighted by Crippen LogP contribution is -2.41. The number of nitrogens with one attached hydrogen (secondary N) is 2. The summed E-state index contributed by atoms with van der Waals surface area (Å²) in [5.74, 6) is -0.404. The van der Waals surface area contributed by atoms with Gasteiger partial charge >= 0.3 is 12.0 Å². The normalized spacial score (nSPS) is 22.8. The SMILES string of the molecule is CCCCC(CC)CNC(=O)NCC1CCC(C(=O)O)O1. The fourth-order valence-corrected chi connectivity index (χ4v) is 2.49. The Morgan fingerprint density at radius 2 is 2.05 bits per heavy atom. The van der Waals surface area contributed by atoms with Gasteiger partial charge in [-0.15, -0.1) is 0 Å². The van der Waals surface area contributed by atoms with Crippen LogP contribution >= 0.6 is 0 Å². The van der Waals surface area contributed by atoms with Gasteiger partial charge in [0, 0.05) is 13.1 Å². The number of carboxylic acids is 1. The van der Waals surface area contributed by atoms with Crippen LogP contribution in [0, 0.1) is 5.92 Å². The predicted molar refractivity (Wildman–Crippen MR) is 80.2 cm³/mol. The van der Waals surface area contributed by atoms with Gasteiger partial charge in [0.05, 0.1) is 6.10 Å². The minimum Gasteiger partial charge on any atom is -0.479 e. The number of carbonyl (C=O) groups is 2. The molecule has 1 aliphatic heterocycles. The highest BCUT2D eigenvalue weighted by Gasteiger charge is 2.30. The Morgan fingerprint density at radius 3 is 2.62 bits per heavy atom. The third-order valence-electron chi connectivity index (χ3n) is 3.97. The third kappa shape index (κ3) is 6.80. The lowest BCUT2D eigenvalue weighted by Gasteiger charge is -2.17. The molecule has 0 spiro atoms. The molecule has 1 aliphatic rings. The van der Waals surface area contributed by atoms with E-state index in [0.717, 1.165) is 12.8 Å². The van der Waals surface area contributed by atoms with Crippen LogP contribution in [0.1, 0.15) is 52.4 Å². The van der Waals surface area contributed by atoms with Gasteiger partial charge in [0.15, 0.2) is 6.10 Å². The number of hydrogen-bond donors (Lipinski definition) is 3. The van der Waals surface area contributed by atoms with Crippen LogP contribution in [0.4, 0.5) is 4.79 Å². The Bertz CT molecular complexity index is 336. The first kappa shape index (κ1) is 17.8. The van der Waals surface area contributed by atoms with Crippen molar-refractivity contribution in [1.82, 2.24) is 10.6 Å². The molecule has 2 amide bonds. The number of rotatable bonds is 9. The topological polar surface area (TPSA) is 87.7 Å². The molecule has 1 heterocycles. The predicted octanol–water partition coefficient (Wildman–Crippen LogP) is 2.13. The summed E-state index contributed by atoms with van der Waals surface area (Å²) in [4.78, 5) is 22.5. The summed E-state index contributed by atoms with van der Waals surface area (Å²) in [7, 11) is 0. The first-order chi connectivity index (χ1) is 10.1. The summed E-state index contributed by atoms with van der Waals surface area (Å²) < 4.78 is 5.33. The monoisotopic (exact) mass is 300 g/mol. The molecule has 6 heteroatoms. The Morgan fingerprint density at radius 1 is 1.29 bits per heavy atom. The molecule has 0 aromatic carbocycles. The third-order valence-corrected chi connectivity index (χ3v) is 3.97. The molecule has 3 N–H and O–H groups in total. The molecule has 0 aromatic heterocycles. The Kier molecular flexibility index (Phi) is 8.12. The Balaban J connectivity index is 2.15. The minimum absolute atomic E-state index is 0.195. The zero-order valence-electron chi connectivity index (χ0n) is 13.1. The van der Waals surface area contributed by atoms with Gasteiger partial charge in [-0.25, -0.2) is 9.59 Å². The zero-order valence-corrected chi connectivity index (χ0v) is 13.1. The van der Waals surface area contributed by atoms with E-state index in [2.05, 4.69) is 24.5 Å². The van der Waals surface area contributed by atoms with E-state index in [0.29, 0.717) is 31.8 Å². The van der Waals surface area contributed by atoms with Crippen molar-refractivity contribution in [2.45, 2.75) is 64.6 Å². The van der Waals surface area contributed by atoms with Crippen LogP contribution in [0.2, 0.25) is 0 Å². The molecule has 0 bridgehead atoms. The number of ether oxygens (including phenoxy) is 1. The minimum atomic E-state index is -0.927. The van der Waals surface area contributed by atoms with Crippen LogP contribution in [0.15, 0.2) is 0 Å². The summed E-state index contributed by atoms with van der Waals surface area (Å²) in [6.07, 6.45) is 4.83. The van der Waals surface area contributed by atoms with Gasteiger partial charge in [0.2, 0.25) is 0 Å². The van der Waals surface area contributed by atoms with Crippen molar-refractivity contribution < 1.29 is 19.4 Å². The van der Waals surface area contributed by atoms with Gasteiger partial charge in [-0.1, -0.05) is 33.1 Å². The fraction of sp³-hybridized carbons (Fsp3) is 0.867. The van der Waals surface area contributed by atoms with Gasteiger partial charge < -0.3 is 20.5 Å². The number of carbonyl (C=O) groups excluding carboxylic acids is 1. The average Bonchev–Trinajstić information content (AvgIpc) is 2.94. The average molecular weight is 300 g/mol. The maximum Gasteiger partial charge on any atom is 0.332 e. The summed E-state index contributed by atoms with van der Waals surface area (Å²) >= 11 is 0. The lowest BCUT2D eigenvalue weighted by molar-refractivity contribution is -0.149. The van der Waals surface area contributed by atoms with E-state index in [4.69, 9.17) is 9.84 Å². The second-order valence-corrected chi connectivity index (χ2v) is 5.67. The van der Waals surface area contributed by atoms with Gasteiger partial charge in [-0.3, -0.25) is 0 Å². The number of aliphatic carboxylic acids is 1. The highest BCUT2D eigenvalue weighted by Crippen LogP contribution is 2.19. The van der Waals surface area contributed by atoms with Crippen LogP contribution in [0.5, 0.6) is 0 Å². The van der Waals surface area contributed by atoms with Crippen molar-refractivity contribution in [3.63, 3.8) is 0 Å². The van der Waals surface area contributed by atoms with Gasteiger partial charge in [0.25, 0.3) is 0 Å². The van der Waals surface area contributed by atoms with E-state index in [1.165, 1.54) is 12.8 Å². The summed E-state index contributed by atoms with van der Waals surface area (Å²) in [5.41, 5.74) is 0. The molecule has 3 atom stereocenters. The Labute approximate surface area is 126 Å². The fourth-order valence-electron chi connectivity index (χ4n) is 2.49. The maximum absolute atomic E-state index is 11.7. The molecule has 6 nitrogen and oxygen atoms in total.